The lowest BCUT2D eigenvalue weighted by molar-refractivity contribution is 0.0211. The molecule has 1 unspecified atom stereocenters. The highest BCUT2D eigenvalue weighted by Crippen LogP contribution is 2.22. The Hall–Kier alpha value is -1.17. The quantitative estimate of drug-likeness (QED) is 0.289. The average Bonchev–Trinajstić information content (AvgIpc) is 2.81. The van der Waals surface area contributed by atoms with Gasteiger partial charge in [0.25, 0.3) is 0 Å². The smallest absolute Gasteiger partial charge is 0.191 e. The van der Waals surface area contributed by atoms with Crippen molar-refractivity contribution in [1.82, 2.24) is 20.4 Å². The van der Waals surface area contributed by atoms with Gasteiger partial charge in [-0.1, -0.05) is 13.0 Å². The minimum absolute atomic E-state index is 0. The van der Waals surface area contributed by atoms with Crippen molar-refractivity contribution in [2.75, 3.05) is 77.0 Å². The lowest BCUT2D eigenvalue weighted by Crippen LogP contribution is -2.49. The number of likely N-dealkylation sites (N-methyl/N-ethyl adjacent to an activating group) is 1. The Morgan fingerprint density at radius 2 is 1.81 bits per heavy atom. The Morgan fingerprint density at radius 3 is 2.44 bits per heavy atom. The largest absolute Gasteiger partial charge is 0.379 e. The second kappa shape index (κ2) is 14.2. The molecule has 0 bridgehead atoms. The lowest BCUT2D eigenvalue weighted by atomic mass is 10.1. The normalized spacial score (nSPS) is 19.4. The first kappa shape index (κ1) is 27.1. The molecule has 0 amide bonds. The van der Waals surface area contributed by atoms with E-state index in [0.29, 0.717) is 18.3 Å². The second-order valence-corrected chi connectivity index (χ2v) is 8.28. The number of hydrogen-bond donors (Lipinski definition) is 2. The van der Waals surface area contributed by atoms with Crippen LogP contribution in [0.25, 0.3) is 0 Å². The molecule has 182 valence electrons. The summed E-state index contributed by atoms with van der Waals surface area (Å²) in [5.41, 5.74) is 1.58. The Kier molecular flexibility index (Phi) is 12.0. The third kappa shape index (κ3) is 8.00. The maximum atomic E-state index is 14.8. The monoisotopic (exact) mass is 562 g/mol. The molecule has 0 aromatic heterocycles. The van der Waals surface area contributed by atoms with E-state index in [0.717, 1.165) is 83.6 Å². The van der Waals surface area contributed by atoms with Crippen LogP contribution in [-0.4, -0.2) is 93.9 Å². The number of benzene rings is 1. The molecule has 2 aliphatic rings. The fourth-order valence-corrected chi connectivity index (χ4v) is 4.11. The predicted molar refractivity (Wildman–Crippen MR) is 141 cm³/mol. The second-order valence-electron chi connectivity index (χ2n) is 8.28. The molecular formula is C23H40FIN6O. The van der Waals surface area contributed by atoms with E-state index in [4.69, 9.17) is 4.74 Å². The maximum absolute atomic E-state index is 14.8. The number of morpholine rings is 1. The third-order valence-corrected chi connectivity index (χ3v) is 6.17. The molecule has 2 aliphatic heterocycles. The standard InChI is InChI=1S/C23H39FN6O.HI/c1-4-25-23(26-17-19(3)29-12-14-31-15-13-29)27-18-20-6-7-22(21(24)16-20)30-10-8-28(5-2)9-11-30;/h6-7,16,19H,4-5,8-15,17-18H2,1-3H3,(H2,25,26,27);1H. The van der Waals surface area contributed by atoms with E-state index >= 15 is 0 Å². The lowest BCUT2D eigenvalue weighted by Gasteiger charge is -2.35. The highest BCUT2D eigenvalue weighted by Gasteiger charge is 2.19. The summed E-state index contributed by atoms with van der Waals surface area (Å²) in [5, 5.41) is 6.71. The number of ether oxygens (including phenoxy) is 1. The number of piperazine rings is 1. The summed E-state index contributed by atoms with van der Waals surface area (Å²) < 4.78 is 20.2. The van der Waals surface area contributed by atoms with Crippen molar-refractivity contribution < 1.29 is 9.13 Å². The van der Waals surface area contributed by atoms with Gasteiger partial charge in [-0.15, -0.1) is 24.0 Å². The van der Waals surface area contributed by atoms with Crippen LogP contribution in [0.5, 0.6) is 0 Å². The Morgan fingerprint density at radius 1 is 1.09 bits per heavy atom. The molecule has 2 saturated heterocycles. The van der Waals surface area contributed by atoms with Gasteiger partial charge in [-0.3, -0.25) is 4.90 Å². The first-order valence-electron chi connectivity index (χ1n) is 11.7. The van der Waals surface area contributed by atoms with Crippen LogP contribution < -0.4 is 15.5 Å². The Labute approximate surface area is 209 Å². The van der Waals surface area contributed by atoms with Crippen LogP contribution in [0.4, 0.5) is 10.1 Å². The zero-order valence-electron chi connectivity index (χ0n) is 19.8. The first-order valence-corrected chi connectivity index (χ1v) is 11.7. The molecule has 0 aliphatic carbocycles. The first-order chi connectivity index (χ1) is 15.1. The van der Waals surface area contributed by atoms with Gasteiger partial charge in [-0.05, 0) is 38.1 Å². The summed E-state index contributed by atoms with van der Waals surface area (Å²) in [6.07, 6.45) is 0. The zero-order valence-corrected chi connectivity index (χ0v) is 22.1. The van der Waals surface area contributed by atoms with Crippen LogP contribution in [0.2, 0.25) is 0 Å². The van der Waals surface area contributed by atoms with E-state index in [1.807, 2.05) is 12.1 Å². The van der Waals surface area contributed by atoms with Gasteiger partial charge in [-0.25, -0.2) is 9.38 Å². The number of aliphatic imine (C=N–C) groups is 1. The maximum Gasteiger partial charge on any atom is 0.191 e. The van der Waals surface area contributed by atoms with Crippen molar-refractivity contribution in [3.63, 3.8) is 0 Å². The predicted octanol–water partition coefficient (Wildman–Crippen LogP) is 2.36. The van der Waals surface area contributed by atoms with Gasteiger partial charge in [0.05, 0.1) is 25.4 Å². The number of guanidine groups is 1. The summed E-state index contributed by atoms with van der Waals surface area (Å²) >= 11 is 0. The minimum atomic E-state index is -0.156. The van der Waals surface area contributed by atoms with Crippen LogP contribution in [0, 0.1) is 5.82 Å². The molecule has 1 atom stereocenters. The van der Waals surface area contributed by atoms with Crippen LogP contribution in [0.3, 0.4) is 0 Å². The van der Waals surface area contributed by atoms with E-state index in [-0.39, 0.29) is 29.8 Å². The number of nitrogens with one attached hydrogen (secondary N) is 2. The highest BCUT2D eigenvalue weighted by molar-refractivity contribution is 14.0. The molecule has 2 N–H and O–H groups in total. The number of nitrogens with zero attached hydrogens (tertiary/aromatic N) is 4. The summed E-state index contributed by atoms with van der Waals surface area (Å²) in [7, 11) is 0. The Bertz CT molecular complexity index is 708. The van der Waals surface area contributed by atoms with Gasteiger partial charge in [0, 0.05) is 58.4 Å². The molecule has 7 nitrogen and oxygen atoms in total. The molecule has 2 fully saturated rings. The van der Waals surface area contributed by atoms with E-state index < -0.39 is 0 Å². The van der Waals surface area contributed by atoms with Crippen molar-refractivity contribution in [3.8, 4) is 0 Å². The summed E-state index contributed by atoms with van der Waals surface area (Å²) in [5.74, 6) is 0.610. The molecule has 0 radical (unpaired) electrons. The average molecular weight is 563 g/mol. The number of hydrogen-bond acceptors (Lipinski definition) is 5. The van der Waals surface area contributed by atoms with Gasteiger partial charge >= 0.3 is 0 Å². The van der Waals surface area contributed by atoms with Crippen molar-refractivity contribution in [3.05, 3.63) is 29.6 Å². The van der Waals surface area contributed by atoms with E-state index in [1.54, 1.807) is 6.07 Å². The number of anilines is 1. The molecular weight excluding hydrogens is 522 g/mol. The van der Waals surface area contributed by atoms with Crippen LogP contribution in [0.1, 0.15) is 26.3 Å². The minimum Gasteiger partial charge on any atom is -0.379 e. The van der Waals surface area contributed by atoms with Crippen LogP contribution in [0.15, 0.2) is 23.2 Å². The molecule has 1 aromatic rings. The van der Waals surface area contributed by atoms with Gasteiger partial charge in [-0.2, -0.15) is 0 Å². The summed E-state index contributed by atoms with van der Waals surface area (Å²) in [6.45, 7) is 16.8. The van der Waals surface area contributed by atoms with Gasteiger partial charge < -0.3 is 25.2 Å². The fourth-order valence-electron chi connectivity index (χ4n) is 4.11. The molecule has 2 heterocycles. The van der Waals surface area contributed by atoms with E-state index in [9.17, 15) is 4.39 Å². The SMILES string of the molecule is CCNC(=NCc1ccc(N2CCN(CC)CC2)c(F)c1)NCC(C)N1CCOCC1.I. The molecule has 0 saturated carbocycles. The molecule has 3 rings (SSSR count). The van der Waals surface area contributed by atoms with Crippen molar-refractivity contribution in [1.29, 1.82) is 0 Å². The van der Waals surface area contributed by atoms with E-state index in [2.05, 4.69) is 51.1 Å². The summed E-state index contributed by atoms with van der Waals surface area (Å²) in [6, 6.07) is 5.93. The highest BCUT2D eigenvalue weighted by atomic mass is 127. The Balaban J connectivity index is 0.00000363. The van der Waals surface area contributed by atoms with E-state index in [1.165, 1.54) is 0 Å². The zero-order chi connectivity index (χ0) is 22.1. The van der Waals surface area contributed by atoms with Crippen molar-refractivity contribution in [2.24, 2.45) is 4.99 Å². The third-order valence-electron chi connectivity index (χ3n) is 6.17. The van der Waals surface area contributed by atoms with Gasteiger partial charge in [0.1, 0.15) is 5.82 Å². The van der Waals surface area contributed by atoms with Gasteiger partial charge in [0.15, 0.2) is 5.96 Å². The molecule has 0 spiro atoms. The molecule has 9 heteroatoms. The number of halogens is 2. The van der Waals surface area contributed by atoms with Gasteiger partial charge in [0.2, 0.25) is 0 Å². The fraction of sp³-hybridized carbons (Fsp3) is 0.696. The summed E-state index contributed by atoms with van der Waals surface area (Å²) in [4.78, 5) is 11.6. The molecule has 32 heavy (non-hydrogen) atoms. The topological polar surface area (TPSA) is 55.4 Å². The van der Waals surface area contributed by atoms with Crippen molar-refractivity contribution in [2.45, 2.75) is 33.4 Å². The van der Waals surface area contributed by atoms with Crippen molar-refractivity contribution >= 4 is 35.6 Å². The van der Waals surface area contributed by atoms with Crippen LogP contribution >= 0.6 is 24.0 Å². The van der Waals surface area contributed by atoms with Crippen LogP contribution in [-0.2, 0) is 11.3 Å². The molecule has 1 aromatic carbocycles. The number of rotatable bonds is 8.